The van der Waals surface area contributed by atoms with E-state index in [1.54, 1.807) is 0 Å². The molecule has 92 valence electrons. The summed E-state index contributed by atoms with van der Waals surface area (Å²) in [5.41, 5.74) is -0.0247. The Morgan fingerprint density at radius 1 is 1.41 bits per heavy atom. The predicted molar refractivity (Wildman–Crippen MR) is 65.2 cm³/mol. The third kappa shape index (κ3) is 2.31. The Kier molecular flexibility index (Phi) is 3.68. The summed E-state index contributed by atoms with van der Waals surface area (Å²) in [6.45, 7) is 0.334. The SMILES string of the molecule is O=C1CC(CCl)CN1c1ccc(Br)c(F)c1F. The van der Waals surface area contributed by atoms with Crippen LogP contribution < -0.4 is 4.90 Å². The van der Waals surface area contributed by atoms with Crippen molar-refractivity contribution in [1.82, 2.24) is 0 Å². The van der Waals surface area contributed by atoms with Crippen LogP contribution in [0.5, 0.6) is 0 Å². The van der Waals surface area contributed by atoms with Gasteiger partial charge in [-0.05, 0) is 34.0 Å². The molecule has 0 aliphatic carbocycles. The summed E-state index contributed by atoms with van der Waals surface area (Å²) in [5.74, 6) is -1.89. The first kappa shape index (κ1) is 12.8. The van der Waals surface area contributed by atoms with E-state index in [9.17, 15) is 13.6 Å². The second kappa shape index (κ2) is 4.90. The molecule has 0 radical (unpaired) electrons. The summed E-state index contributed by atoms with van der Waals surface area (Å²) < 4.78 is 27.1. The summed E-state index contributed by atoms with van der Waals surface area (Å²) >= 11 is 8.56. The number of rotatable bonds is 2. The molecule has 2 nitrogen and oxygen atoms in total. The first-order valence-corrected chi connectivity index (χ1v) is 6.37. The highest BCUT2D eigenvalue weighted by Crippen LogP contribution is 2.31. The summed E-state index contributed by atoms with van der Waals surface area (Å²) in [6, 6.07) is 2.77. The number of hydrogen-bond donors (Lipinski definition) is 0. The van der Waals surface area contributed by atoms with Gasteiger partial charge in [-0.2, -0.15) is 0 Å². The number of benzene rings is 1. The van der Waals surface area contributed by atoms with E-state index in [-0.39, 0.29) is 28.4 Å². The van der Waals surface area contributed by atoms with Gasteiger partial charge in [-0.15, -0.1) is 11.6 Å². The van der Waals surface area contributed by atoms with Crippen molar-refractivity contribution in [2.75, 3.05) is 17.3 Å². The highest BCUT2D eigenvalue weighted by Gasteiger charge is 2.32. The number of anilines is 1. The van der Waals surface area contributed by atoms with Crippen LogP contribution in [0.4, 0.5) is 14.5 Å². The van der Waals surface area contributed by atoms with Gasteiger partial charge in [-0.1, -0.05) is 0 Å². The first-order chi connectivity index (χ1) is 8.04. The van der Waals surface area contributed by atoms with Crippen LogP contribution in [0.15, 0.2) is 16.6 Å². The zero-order valence-electron chi connectivity index (χ0n) is 8.72. The van der Waals surface area contributed by atoms with Gasteiger partial charge >= 0.3 is 0 Å². The Hall–Kier alpha value is -0.680. The second-order valence-corrected chi connectivity index (χ2v) is 5.09. The largest absolute Gasteiger partial charge is 0.309 e. The van der Waals surface area contributed by atoms with Crippen molar-refractivity contribution in [2.45, 2.75) is 6.42 Å². The fraction of sp³-hybridized carbons (Fsp3) is 0.364. The lowest BCUT2D eigenvalue weighted by atomic mass is 10.1. The molecule has 2 rings (SSSR count). The molecule has 6 heteroatoms. The lowest BCUT2D eigenvalue weighted by Crippen LogP contribution is -2.26. The molecule has 0 aromatic heterocycles. The Balaban J connectivity index is 2.35. The number of carbonyl (C=O) groups is 1. The third-order valence-corrected chi connectivity index (χ3v) is 3.78. The number of halogens is 4. The molecule has 0 saturated carbocycles. The molecule has 1 amide bonds. The molecular weight excluding hydrogens is 315 g/mol. The maximum atomic E-state index is 13.7. The quantitative estimate of drug-likeness (QED) is 0.604. The van der Waals surface area contributed by atoms with E-state index in [4.69, 9.17) is 11.6 Å². The highest BCUT2D eigenvalue weighted by atomic mass is 79.9. The number of carbonyl (C=O) groups excluding carboxylic acids is 1. The normalized spacial score (nSPS) is 20.1. The fourth-order valence-electron chi connectivity index (χ4n) is 1.84. The minimum atomic E-state index is -1.01. The molecule has 1 aromatic rings. The second-order valence-electron chi connectivity index (χ2n) is 3.92. The Morgan fingerprint density at radius 3 is 2.71 bits per heavy atom. The lowest BCUT2D eigenvalue weighted by Gasteiger charge is -2.17. The molecule has 0 bridgehead atoms. The van der Waals surface area contributed by atoms with Crippen molar-refractivity contribution < 1.29 is 13.6 Å². The van der Waals surface area contributed by atoms with Crippen LogP contribution in [0.1, 0.15) is 6.42 Å². The van der Waals surface area contributed by atoms with Crippen LogP contribution in [0.25, 0.3) is 0 Å². The minimum Gasteiger partial charge on any atom is -0.309 e. The van der Waals surface area contributed by atoms with E-state index in [0.717, 1.165) is 0 Å². The van der Waals surface area contributed by atoms with E-state index in [0.29, 0.717) is 12.4 Å². The average Bonchev–Trinajstić information content (AvgIpc) is 2.68. The van der Waals surface area contributed by atoms with E-state index in [2.05, 4.69) is 15.9 Å². The highest BCUT2D eigenvalue weighted by molar-refractivity contribution is 9.10. The van der Waals surface area contributed by atoms with E-state index in [1.165, 1.54) is 17.0 Å². The zero-order chi connectivity index (χ0) is 12.6. The van der Waals surface area contributed by atoms with Crippen LogP contribution in [-0.4, -0.2) is 18.3 Å². The molecular formula is C11H9BrClF2NO. The van der Waals surface area contributed by atoms with Gasteiger partial charge in [0, 0.05) is 18.8 Å². The van der Waals surface area contributed by atoms with Gasteiger partial charge in [0.1, 0.15) is 0 Å². The van der Waals surface area contributed by atoms with Gasteiger partial charge in [0.2, 0.25) is 5.91 Å². The monoisotopic (exact) mass is 323 g/mol. The van der Waals surface area contributed by atoms with E-state index >= 15 is 0 Å². The maximum Gasteiger partial charge on any atom is 0.227 e. The third-order valence-electron chi connectivity index (χ3n) is 2.73. The van der Waals surface area contributed by atoms with Gasteiger partial charge in [-0.3, -0.25) is 4.79 Å². The molecule has 1 saturated heterocycles. The van der Waals surface area contributed by atoms with Crippen LogP contribution in [0.3, 0.4) is 0 Å². The lowest BCUT2D eigenvalue weighted by molar-refractivity contribution is -0.117. The fourth-order valence-corrected chi connectivity index (χ4v) is 2.35. The molecule has 1 unspecified atom stereocenters. The molecule has 17 heavy (non-hydrogen) atoms. The Labute approximate surface area is 111 Å². The number of alkyl halides is 1. The zero-order valence-corrected chi connectivity index (χ0v) is 11.1. The number of nitrogens with zero attached hydrogens (tertiary/aromatic N) is 1. The smallest absolute Gasteiger partial charge is 0.227 e. The maximum absolute atomic E-state index is 13.7. The van der Waals surface area contributed by atoms with Crippen molar-refractivity contribution in [3.63, 3.8) is 0 Å². The van der Waals surface area contributed by atoms with E-state index in [1.807, 2.05) is 0 Å². The number of hydrogen-bond acceptors (Lipinski definition) is 1. The molecule has 1 fully saturated rings. The summed E-state index contributed by atoms with van der Waals surface area (Å²) in [6.07, 6.45) is 0.278. The molecule has 1 heterocycles. The molecule has 0 N–H and O–H groups in total. The molecule has 1 aliphatic heterocycles. The van der Waals surface area contributed by atoms with Crippen molar-refractivity contribution in [3.05, 3.63) is 28.2 Å². The van der Waals surface area contributed by atoms with Crippen LogP contribution >= 0.6 is 27.5 Å². The predicted octanol–water partition coefficient (Wildman–Crippen LogP) is 3.32. The molecule has 1 aliphatic rings. The van der Waals surface area contributed by atoms with Crippen LogP contribution in [0, 0.1) is 17.6 Å². The standard InChI is InChI=1S/C11H9BrClF2NO/c12-7-1-2-8(11(15)10(7)14)16-5-6(4-13)3-9(16)17/h1-2,6H,3-5H2. The summed E-state index contributed by atoms with van der Waals surface area (Å²) in [4.78, 5) is 12.9. The van der Waals surface area contributed by atoms with Crippen LogP contribution in [0.2, 0.25) is 0 Å². The number of amides is 1. The average molecular weight is 325 g/mol. The van der Waals surface area contributed by atoms with Gasteiger partial charge < -0.3 is 4.90 Å². The van der Waals surface area contributed by atoms with Crippen LogP contribution in [-0.2, 0) is 4.79 Å². The van der Waals surface area contributed by atoms with Gasteiger partial charge in [0.25, 0.3) is 0 Å². The summed E-state index contributed by atoms with van der Waals surface area (Å²) in [5, 5.41) is 0. The van der Waals surface area contributed by atoms with Crippen molar-refractivity contribution in [2.24, 2.45) is 5.92 Å². The van der Waals surface area contributed by atoms with Gasteiger partial charge in [-0.25, -0.2) is 8.78 Å². The topological polar surface area (TPSA) is 20.3 Å². The first-order valence-electron chi connectivity index (χ1n) is 5.04. The van der Waals surface area contributed by atoms with Crippen molar-refractivity contribution in [3.8, 4) is 0 Å². The van der Waals surface area contributed by atoms with Crippen molar-refractivity contribution in [1.29, 1.82) is 0 Å². The Bertz CT molecular complexity index is 469. The molecule has 0 spiro atoms. The minimum absolute atomic E-state index is 0.00438. The van der Waals surface area contributed by atoms with E-state index < -0.39 is 11.6 Å². The van der Waals surface area contributed by atoms with Crippen molar-refractivity contribution >= 4 is 39.1 Å². The Morgan fingerprint density at radius 2 is 2.12 bits per heavy atom. The van der Waals surface area contributed by atoms with Gasteiger partial charge in [0.15, 0.2) is 11.6 Å². The van der Waals surface area contributed by atoms with Gasteiger partial charge in [0.05, 0.1) is 10.2 Å². The summed E-state index contributed by atoms with van der Waals surface area (Å²) in [7, 11) is 0. The molecule has 1 aromatic carbocycles. The molecule has 1 atom stereocenters.